The monoisotopic (exact) mass is 719 g/mol. The lowest BCUT2D eigenvalue weighted by molar-refractivity contribution is -0.384. The van der Waals surface area contributed by atoms with Gasteiger partial charge in [0.25, 0.3) is 21.7 Å². The number of nitro benzene ring substituents is 1. The Morgan fingerprint density at radius 2 is 1.39 bits per heavy atom. The van der Waals surface area contributed by atoms with Crippen molar-refractivity contribution in [2.24, 2.45) is 15.3 Å². The third-order valence-electron chi connectivity index (χ3n) is 8.79. The molecule has 0 unspecified atom stereocenters. The number of nitro groups is 1. The van der Waals surface area contributed by atoms with Crippen molar-refractivity contribution in [3.63, 3.8) is 0 Å². The van der Waals surface area contributed by atoms with E-state index in [9.17, 15) is 27.9 Å². The van der Waals surface area contributed by atoms with Crippen LogP contribution in [0.25, 0.3) is 0 Å². The van der Waals surface area contributed by atoms with Gasteiger partial charge in [-0.15, -0.1) is 0 Å². The van der Waals surface area contributed by atoms with E-state index in [1.165, 1.54) is 107 Å². The molecule has 1 amide bonds. The molecule has 0 radical (unpaired) electrons. The van der Waals surface area contributed by atoms with Gasteiger partial charge in [-0.1, -0.05) is 115 Å². The molecule has 3 aromatic rings. The zero-order chi connectivity index (χ0) is 36.5. The highest BCUT2D eigenvalue weighted by atomic mass is 32.2. The highest BCUT2D eigenvalue weighted by Crippen LogP contribution is 2.34. The number of carbonyl (C=O) groups excluding carboxylic acids is 1. The molecule has 4 rings (SSSR count). The van der Waals surface area contributed by atoms with Crippen molar-refractivity contribution in [1.29, 1.82) is 0 Å². The van der Waals surface area contributed by atoms with Gasteiger partial charge in [0.2, 0.25) is 0 Å². The molecule has 12 nitrogen and oxygen atoms in total. The molecule has 1 aliphatic rings. The lowest BCUT2D eigenvalue weighted by Gasteiger charge is -2.15. The third-order valence-corrected chi connectivity index (χ3v) is 9.67. The number of ether oxygens (including phenoxy) is 1. The molecule has 0 spiro atoms. The highest BCUT2D eigenvalue weighted by Gasteiger charge is 2.37. The first-order valence-electron chi connectivity index (χ1n) is 18.1. The Kier molecular flexibility index (Phi) is 15.7. The van der Waals surface area contributed by atoms with E-state index in [1.54, 1.807) is 30.3 Å². The number of rotatable bonds is 23. The zero-order valence-corrected chi connectivity index (χ0v) is 30.2. The molecule has 13 heteroatoms. The van der Waals surface area contributed by atoms with Crippen LogP contribution < -0.4 is 9.75 Å². The van der Waals surface area contributed by atoms with Crippen LogP contribution in [0.3, 0.4) is 0 Å². The molecular weight excluding hydrogens is 671 g/mol. The summed E-state index contributed by atoms with van der Waals surface area (Å²) in [6, 6.07) is 16.9. The van der Waals surface area contributed by atoms with Gasteiger partial charge in [0.1, 0.15) is 16.4 Å². The molecule has 0 saturated carbocycles. The van der Waals surface area contributed by atoms with Gasteiger partial charge in [-0.25, -0.2) is 0 Å². The maximum absolute atomic E-state index is 13.7. The van der Waals surface area contributed by atoms with Crippen LogP contribution in [-0.2, 0) is 14.9 Å². The number of non-ortho nitro benzene ring substituents is 1. The van der Waals surface area contributed by atoms with E-state index in [1.807, 2.05) is 0 Å². The van der Waals surface area contributed by atoms with Crippen LogP contribution in [0.5, 0.6) is 11.5 Å². The molecule has 1 N–H and O–H groups in total. The molecular formula is C38H49N5O7S. The smallest absolute Gasteiger partial charge is 0.298 e. The maximum atomic E-state index is 13.7. The Morgan fingerprint density at radius 3 is 1.94 bits per heavy atom. The number of hydrogen-bond donors (Lipinski definition) is 1. The number of benzene rings is 3. The van der Waals surface area contributed by atoms with Crippen molar-refractivity contribution >= 4 is 38.8 Å². The summed E-state index contributed by atoms with van der Waals surface area (Å²) >= 11 is 0. The van der Waals surface area contributed by atoms with Gasteiger partial charge in [0.15, 0.2) is 6.04 Å². The molecule has 0 bridgehead atoms. The van der Waals surface area contributed by atoms with E-state index in [0.717, 1.165) is 36.8 Å². The van der Waals surface area contributed by atoms with Crippen LogP contribution in [0.4, 0.5) is 17.1 Å². The number of para-hydroxylation sites is 1. The predicted molar refractivity (Wildman–Crippen MR) is 199 cm³/mol. The average molecular weight is 720 g/mol. The van der Waals surface area contributed by atoms with E-state index in [-0.39, 0.29) is 17.1 Å². The first kappa shape index (κ1) is 39.3. The lowest BCUT2D eigenvalue weighted by atomic mass is 10.0. The summed E-state index contributed by atoms with van der Waals surface area (Å²) in [4.78, 5) is 23.7. The molecule has 0 saturated heterocycles. The van der Waals surface area contributed by atoms with Crippen molar-refractivity contribution in [2.75, 3.05) is 5.01 Å². The van der Waals surface area contributed by atoms with Crippen LogP contribution in [0.1, 0.15) is 110 Å². The SMILES string of the molecule is CCCCCCCCCCCCCCCCCC1=NN(c2ccc(Oc3ccccc3)c(S(=O)(=O)O)c2)C(=O)[C@@H]1N=Nc1ccc([N+](=O)[O-])cc1. The van der Waals surface area contributed by atoms with Gasteiger partial charge >= 0.3 is 0 Å². The van der Waals surface area contributed by atoms with E-state index in [2.05, 4.69) is 22.3 Å². The van der Waals surface area contributed by atoms with E-state index < -0.39 is 31.9 Å². The molecule has 0 aromatic heterocycles. The molecule has 1 aliphatic heterocycles. The van der Waals surface area contributed by atoms with Crippen molar-refractivity contribution < 1.29 is 27.4 Å². The third kappa shape index (κ3) is 12.7. The molecule has 1 atom stereocenters. The van der Waals surface area contributed by atoms with Gasteiger partial charge in [-0.05, 0) is 55.3 Å². The minimum atomic E-state index is -4.75. The summed E-state index contributed by atoms with van der Waals surface area (Å²) in [6.45, 7) is 2.25. The van der Waals surface area contributed by atoms with Crippen LogP contribution in [0, 0.1) is 10.1 Å². The second-order valence-corrected chi connectivity index (χ2v) is 14.2. The first-order chi connectivity index (χ1) is 24.7. The number of hydrazone groups is 1. The fraction of sp³-hybridized carbons (Fsp3) is 0.474. The molecule has 274 valence electrons. The Balaban J connectivity index is 1.38. The van der Waals surface area contributed by atoms with Crippen molar-refractivity contribution in [2.45, 2.75) is 121 Å². The zero-order valence-electron chi connectivity index (χ0n) is 29.4. The summed E-state index contributed by atoms with van der Waals surface area (Å²) < 4.78 is 40.5. The number of hydrogen-bond acceptors (Lipinski definition) is 9. The van der Waals surface area contributed by atoms with E-state index >= 15 is 0 Å². The predicted octanol–water partition coefficient (Wildman–Crippen LogP) is 10.8. The topological polar surface area (TPSA) is 164 Å². The number of nitrogens with zero attached hydrogens (tertiary/aromatic N) is 5. The maximum Gasteiger partial charge on any atom is 0.298 e. The fourth-order valence-electron chi connectivity index (χ4n) is 5.95. The number of amides is 1. The summed E-state index contributed by atoms with van der Waals surface area (Å²) in [5.74, 6) is -0.298. The van der Waals surface area contributed by atoms with Crippen LogP contribution in [0.2, 0.25) is 0 Å². The molecule has 0 fully saturated rings. The van der Waals surface area contributed by atoms with Crippen molar-refractivity contribution in [1.82, 2.24) is 0 Å². The van der Waals surface area contributed by atoms with Gasteiger partial charge in [0.05, 0.1) is 22.0 Å². The molecule has 3 aromatic carbocycles. The summed E-state index contributed by atoms with van der Waals surface area (Å²) in [6.07, 6.45) is 18.9. The van der Waals surface area contributed by atoms with E-state index in [0.29, 0.717) is 23.6 Å². The average Bonchev–Trinajstić information content (AvgIpc) is 3.43. The summed E-state index contributed by atoms with van der Waals surface area (Å²) in [5, 5.41) is 25.1. The van der Waals surface area contributed by atoms with Crippen LogP contribution in [0.15, 0.2) is 93.0 Å². The number of carbonyl (C=O) groups is 1. The van der Waals surface area contributed by atoms with Gasteiger partial charge in [0, 0.05) is 12.1 Å². The first-order valence-corrected chi connectivity index (χ1v) is 19.5. The standard InChI is InChI=1S/C38H49N5O7S/c1-2-3-4-5-6-7-8-9-10-11-12-13-14-15-19-22-34-37(40-39-30-23-25-31(26-24-30)43(45)46)38(44)42(41-34)32-27-28-35(36(29-32)51(47,48)49)50-33-20-17-16-18-21-33/h16-18,20-21,23-29,37H,2-15,19,22H2,1H3,(H,47,48,49)/t37-/m1/s1. The number of anilines is 1. The minimum absolute atomic E-state index is 0.0955. The lowest BCUT2D eigenvalue weighted by Crippen LogP contribution is -2.30. The summed E-state index contributed by atoms with van der Waals surface area (Å²) in [7, 11) is -4.75. The van der Waals surface area contributed by atoms with Crippen molar-refractivity contribution in [3.05, 3.63) is 82.9 Å². The largest absolute Gasteiger partial charge is 0.456 e. The van der Waals surface area contributed by atoms with Crippen molar-refractivity contribution in [3.8, 4) is 11.5 Å². The Hall–Kier alpha value is -4.49. The second kappa shape index (κ2) is 20.4. The number of azo groups is 1. The minimum Gasteiger partial charge on any atom is -0.456 e. The fourth-order valence-corrected chi connectivity index (χ4v) is 6.58. The Morgan fingerprint density at radius 1 is 0.824 bits per heavy atom. The van der Waals surface area contributed by atoms with Gasteiger partial charge < -0.3 is 4.74 Å². The van der Waals surface area contributed by atoms with Gasteiger partial charge in [-0.2, -0.15) is 28.8 Å². The Bertz CT molecular complexity index is 1730. The quantitative estimate of drug-likeness (QED) is 0.0335. The highest BCUT2D eigenvalue weighted by molar-refractivity contribution is 7.86. The van der Waals surface area contributed by atoms with Gasteiger partial charge in [-0.3, -0.25) is 19.5 Å². The summed E-state index contributed by atoms with van der Waals surface area (Å²) in [5.41, 5.74) is 0.810. The van der Waals surface area contributed by atoms with Crippen LogP contribution in [-0.4, -0.2) is 35.6 Å². The Labute approximate surface area is 300 Å². The van der Waals surface area contributed by atoms with Crippen LogP contribution >= 0.6 is 0 Å². The van der Waals surface area contributed by atoms with E-state index in [4.69, 9.17) is 4.74 Å². The molecule has 1 heterocycles. The molecule has 51 heavy (non-hydrogen) atoms. The normalized spacial score (nSPS) is 14.7. The molecule has 0 aliphatic carbocycles. The number of unbranched alkanes of at least 4 members (excludes halogenated alkanes) is 14. The second-order valence-electron chi connectivity index (χ2n) is 12.9.